The molecule has 1 fully saturated rings. The topological polar surface area (TPSA) is 120 Å². The number of nitrogens with one attached hydrogen (secondary N) is 1. The first-order chi connectivity index (χ1) is 17.2. The van der Waals surface area contributed by atoms with Gasteiger partial charge in [0.25, 0.3) is 0 Å². The Morgan fingerprint density at radius 3 is 2.22 bits per heavy atom. The van der Waals surface area contributed by atoms with Crippen molar-refractivity contribution in [1.29, 1.82) is 0 Å². The quantitative estimate of drug-likeness (QED) is 0.447. The van der Waals surface area contributed by atoms with Gasteiger partial charge < -0.3 is 29.4 Å². The average Bonchev–Trinajstić information content (AvgIpc) is 3.36. The second kappa shape index (κ2) is 10.2. The smallest absolute Gasteiger partial charge is 0.337 e. The van der Waals surface area contributed by atoms with Gasteiger partial charge in [0.1, 0.15) is 12.0 Å². The number of hydrogen-bond acceptors (Lipinski definition) is 9. The van der Waals surface area contributed by atoms with Crippen LogP contribution in [0.2, 0.25) is 0 Å². The fourth-order valence-corrected chi connectivity index (χ4v) is 5.59. The summed E-state index contributed by atoms with van der Waals surface area (Å²) in [6.45, 7) is 3.61. The van der Waals surface area contributed by atoms with Crippen molar-refractivity contribution < 1.29 is 38.4 Å². The van der Waals surface area contributed by atoms with E-state index < -0.39 is 29.6 Å². The van der Waals surface area contributed by atoms with Crippen LogP contribution in [0.5, 0.6) is 17.2 Å². The Labute approximate surface area is 210 Å². The summed E-state index contributed by atoms with van der Waals surface area (Å²) in [5.41, 5.74) is 2.31. The van der Waals surface area contributed by atoms with E-state index in [0.717, 1.165) is 25.7 Å². The summed E-state index contributed by atoms with van der Waals surface area (Å²) in [6.07, 6.45) is 3.83. The molecule has 0 saturated heterocycles. The number of carbonyl (C=O) groups excluding carboxylic acids is 3. The lowest BCUT2D eigenvalue weighted by Crippen LogP contribution is -2.43. The largest absolute Gasteiger partial charge is 0.502 e. The molecule has 36 heavy (non-hydrogen) atoms. The van der Waals surface area contributed by atoms with Gasteiger partial charge in [0.2, 0.25) is 5.75 Å². The maximum absolute atomic E-state index is 13.9. The zero-order valence-corrected chi connectivity index (χ0v) is 21.3. The highest BCUT2D eigenvalue weighted by Gasteiger charge is 2.47. The van der Waals surface area contributed by atoms with Crippen LogP contribution in [-0.2, 0) is 23.9 Å². The van der Waals surface area contributed by atoms with E-state index in [9.17, 15) is 19.5 Å². The van der Waals surface area contributed by atoms with Gasteiger partial charge in [-0.25, -0.2) is 4.79 Å². The van der Waals surface area contributed by atoms with Crippen molar-refractivity contribution in [2.75, 3.05) is 21.3 Å². The zero-order valence-electron chi connectivity index (χ0n) is 21.3. The van der Waals surface area contributed by atoms with Crippen LogP contribution >= 0.6 is 0 Å². The highest BCUT2D eigenvalue weighted by molar-refractivity contribution is 6.12. The molecule has 1 heterocycles. The molecule has 0 aromatic heterocycles. The number of phenolic OH excluding ortho intramolecular Hbond substituents is 1. The van der Waals surface area contributed by atoms with Crippen molar-refractivity contribution in [3.05, 3.63) is 40.2 Å². The van der Waals surface area contributed by atoms with Crippen LogP contribution in [0.4, 0.5) is 0 Å². The number of hydrogen-bond donors (Lipinski definition) is 2. The van der Waals surface area contributed by atoms with Crippen LogP contribution in [0.1, 0.15) is 57.4 Å². The highest BCUT2D eigenvalue weighted by atomic mass is 16.5. The summed E-state index contributed by atoms with van der Waals surface area (Å²) in [6, 6.07) is 3.15. The van der Waals surface area contributed by atoms with Gasteiger partial charge in [-0.3, -0.25) is 9.59 Å². The van der Waals surface area contributed by atoms with Gasteiger partial charge in [-0.1, -0.05) is 6.92 Å². The number of aromatic hydroxyl groups is 1. The molecule has 0 spiro atoms. The van der Waals surface area contributed by atoms with Crippen molar-refractivity contribution in [3.8, 4) is 17.2 Å². The Morgan fingerprint density at radius 1 is 1.06 bits per heavy atom. The predicted octanol–water partition coefficient (Wildman–Crippen LogP) is 3.51. The Kier molecular flexibility index (Phi) is 7.28. The monoisotopic (exact) mass is 499 g/mol. The lowest BCUT2D eigenvalue weighted by Gasteiger charge is -2.38. The van der Waals surface area contributed by atoms with Crippen LogP contribution in [0, 0.1) is 11.8 Å². The minimum Gasteiger partial charge on any atom is -0.502 e. The number of esters is 2. The lowest BCUT2D eigenvalue weighted by molar-refractivity contribution is -0.151. The fraction of sp³-hybridized carbons (Fsp3) is 0.519. The molecule has 0 radical (unpaired) electrons. The molecule has 3 atom stereocenters. The number of phenols is 1. The van der Waals surface area contributed by atoms with Crippen molar-refractivity contribution in [3.63, 3.8) is 0 Å². The third-order valence-electron chi connectivity index (χ3n) is 7.37. The average molecular weight is 500 g/mol. The van der Waals surface area contributed by atoms with Crippen LogP contribution in [0.3, 0.4) is 0 Å². The van der Waals surface area contributed by atoms with Gasteiger partial charge in [0.05, 0.1) is 26.9 Å². The van der Waals surface area contributed by atoms with Crippen molar-refractivity contribution in [2.24, 2.45) is 11.8 Å². The normalized spacial score (nSPS) is 24.2. The molecular formula is C27H33NO8. The SMILES string of the molecule is COC(=O)C1C(=O)C2=C(CC1C)NC(C)=C(C(=O)OC1CCCC1)C2c1cc(OC)c(O)c(OC)c1. The summed E-state index contributed by atoms with van der Waals surface area (Å²) in [4.78, 5) is 40.0. The number of benzene rings is 1. The molecular weight excluding hydrogens is 466 g/mol. The third kappa shape index (κ3) is 4.42. The molecule has 9 heteroatoms. The van der Waals surface area contributed by atoms with E-state index >= 15 is 0 Å². The first-order valence-electron chi connectivity index (χ1n) is 12.2. The summed E-state index contributed by atoms with van der Waals surface area (Å²) < 4.78 is 21.5. The van der Waals surface area contributed by atoms with E-state index in [1.807, 2.05) is 6.92 Å². The molecule has 2 aliphatic carbocycles. The van der Waals surface area contributed by atoms with E-state index in [1.54, 1.807) is 19.1 Å². The standard InChI is InChI=1S/C27H33NO8/c1-13-10-17-23(25(30)20(13)26(31)35-5)22(15-11-18(33-3)24(29)19(12-15)34-4)21(14(2)28-17)27(32)36-16-8-6-7-9-16/h11-13,16,20,22,28-29H,6-10H2,1-5H3. The molecule has 3 aliphatic rings. The number of dihydropyridines is 1. The van der Waals surface area contributed by atoms with Crippen molar-refractivity contribution in [2.45, 2.75) is 58.0 Å². The molecule has 9 nitrogen and oxygen atoms in total. The molecule has 0 bridgehead atoms. The Balaban J connectivity index is 1.89. The third-order valence-corrected chi connectivity index (χ3v) is 7.37. The molecule has 1 aromatic carbocycles. The Morgan fingerprint density at radius 2 is 1.67 bits per heavy atom. The first kappa shape index (κ1) is 25.6. The van der Waals surface area contributed by atoms with E-state index in [4.69, 9.17) is 18.9 Å². The summed E-state index contributed by atoms with van der Waals surface area (Å²) in [5, 5.41) is 13.7. The van der Waals surface area contributed by atoms with Gasteiger partial charge in [-0.2, -0.15) is 0 Å². The van der Waals surface area contributed by atoms with Gasteiger partial charge in [-0.05, 0) is 62.6 Å². The summed E-state index contributed by atoms with van der Waals surface area (Å²) in [5.74, 6) is -3.61. The van der Waals surface area contributed by atoms with Crippen molar-refractivity contribution in [1.82, 2.24) is 5.32 Å². The van der Waals surface area contributed by atoms with Crippen LogP contribution in [0.15, 0.2) is 34.7 Å². The number of ketones is 1. The molecule has 1 aromatic rings. The Bertz CT molecular complexity index is 1120. The van der Waals surface area contributed by atoms with Gasteiger partial charge in [-0.15, -0.1) is 0 Å². The Hall–Kier alpha value is -3.49. The molecule has 194 valence electrons. The molecule has 2 N–H and O–H groups in total. The number of Topliss-reactive ketones (excluding diaryl/α,β-unsaturated/α-hetero) is 1. The van der Waals surface area contributed by atoms with Crippen LogP contribution < -0.4 is 14.8 Å². The molecule has 4 rings (SSSR count). The van der Waals surface area contributed by atoms with Gasteiger partial charge in [0.15, 0.2) is 17.3 Å². The van der Waals surface area contributed by atoms with E-state index in [0.29, 0.717) is 29.0 Å². The zero-order chi connectivity index (χ0) is 26.1. The fourth-order valence-electron chi connectivity index (χ4n) is 5.59. The van der Waals surface area contributed by atoms with Crippen molar-refractivity contribution >= 4 is 17.7 Å². The van der Waals surface area contributed by atoms with Crippen LogP contribution in [-0.4, -0.2) is 50.3 Å². The summed E-state index contributed by atoms with van der Waals surface area (Å²) >= 11 is 0. The highest BCUT2D eigenvalue weighted by Crippen LogP contribution is 2.49. The number of allylic oxidation sites excluding steroid dienone is 3. The lowest BCUT2D eigenvalue weighted by atomic mass is 9.69. The first-order valence-corrected chi connectivity index (χ1v) is 12.2. The van der Waals surface area contributed by atoms with E-state index in [-0.39, 0.29) is 34.8 Å². The van der Waals surface area contributed by atoms with Gasteiger partial charge in [0, 0.05) is 22.9 Å². The molecule has 0 amide bonds. The minimum absolute atomic E-state index is 0.132. The number of ether oxygens (including phenoxy) is 4. The maximum Gasteiger partial charge on any atom is 0.337 e. The summed E-state index contributed by atoms with van der Waals surface area (Å²) in [7, 11) is 4.07. The van der Waals surface area contributed by atoms with E-state index in [1.165, 1.54) is 21.3 Å². The number of carbonyl (C=O) groups is 3. The molecule has 3 unspecified atom stereocenters. The second-order valence-electron chi connectivity index (χ2n) is 9.62. The van der Waals surface area contributed by atoms with Gasteiger partial charge >= 0.3 is 11.9 Å². The van der Waals surface area contributed by atoms with E-state index in [2.05, 4.69) is 5.32 Å². The number of rotatable bonds is 6. The second-order valence-corrected chi connectivity index (χ2v) is 9.62. The minimum atomic E-state index is -0.996. The predicted molar refractivity (Wildman–Crippen MR) is 129 cm³/mol. The number of methoxy groups -OCH3 is 3. The van der Waals surface area contributed by atoms with Crippen LogP contribution in [0.25, 0.3) is 0 Å². The molecule has 1 aliphatic heterocycles. The maximum atomic E-state index is 13.9. The molecule has 1 saturated carbocycles.